The summed E-state index contributed by atoms with van der Waals surface area (Å²) in [5.41, 5.74) is 3.40. The second kappa shape index (κ2) is 4.13. The Labute approximate surface area is 92.1 Å². The summed E-state index contributed by atoms with van der Waals surface area (Å²) in [4.78, 5) is 11.0. The molecule has 0 heterocycles. The van der Waals surface area contributed by atoms with E-state index in [-0.39, 0.29) is 0 Å². The van der Waals surface area contributed by atoms with Crippen molar-refractivity contribution in [2.45, 2.75) is 27.2 Å². The van der Waals surface area contributed by atoms with Crippen LogP contribution in [0.1, 0.15) is 34.0 Å². The number of carbonyl (C=O) groups is 1. The second-order valence-electron chi connectivity index (χ2n) is 3.33. The highest BCUT2D eigenvalue weighted by Crippen LogP contribution is 2.28. The minimum absolute atomic E-state index is 0.399. The Morgan fingerprint density at radius 2 is 2.07 bits per heavy atom. The van der Waals surface area contributed by atoms with Gasteiger partial charge in [-0.2, -0.15) is 0 Å². The third kappa shape index (κ3) is 1.82. The molecular weight excluding hydrogens is 244 g/mol. The fourth-order valence-corrected chi connectivity index (χ4v) is 2.19. The number of carboxylic acid groups (broad SMARTS) is 1. The van der Waals surface area contributed by atoms with E-state index in [4.69, 9.17) is 5.11 Å². The summed E-state index contributed by atoms with van der Waals surface area (Å²) in [6.07, 6.45) is 0.737. The molecule has 1 rings (SSSR count). The predicted molar refractivity (Wildman–Crippen MR) is 60.0 cm³/mol. The van der Waals surface area contributed by atoms with Gasteiger partial charge in [-0.05, 0) is 52.9 Å². The Morgan fingerprint density at radius 3 is 2.50 bits per heavy atom. The summed E-state index contributed by atoms with van der Waals surface area (Å²) >= 11 is 3.34. The number of hydrogen-bond donors (Lipinski definition) is 1. The summed E-state index contributed by atoms with van der Waals surface area (Å²) in [6, 6.07) is 1.95. The Balaban J connectivity index is 3.53. The van der Waals surface area contributed by atoms with Gasteiger partial charge in [0.25, 0.3) is 0 Å². The van der Waals surface area contributed by atoms with Gasteiger partial charge in [0.2, 0.25) is 0 Å². The average Bonchev–Trinajstić information content (AvgIpc) is 2.12. The van der Waals surface area contributed by atoms with Crippen molar-refractivity contribution in [1.82, 2.24) is 0 Å². The minimum Gasteiger partial charge on any atom is -0.478 e. The zero-order valence-electron chi connectivity index (χ0n) is 8.52. The molecule has 1 aromatic carbocycles. The van der Waals surface area contributed by atoms with E-state index in [1.807, 2.05) is 26.8 Å². The van der Waals surface area contributed by atoms with Gasteiger partial charge in [-0.25, -0.2) is 4.79 Å². The standard InChI is InChI=1S/C11H13BrO2/c1-4-8-5-6(2)7(3)10(12)9(8)11(13)14/h5H,4H2,1-3H3,(H,13,14). The van der Waals surface area contributed by atoms with Gasteiger partial charge in [0.1, 0.15) is 0 Å². The molecule has 14 heavy (non-hydrogen) atoms. The van der Waals surface area contributed by atoms with Crippen LogP contribution in [-0.4, -0.2) is 11.1 Å². The van der Waals surface area contributed by atoms with Crippen molar-refractivity contribution in [2.24, 2.45) is 0 Å². The van der Waals surface area contributed by atoms with E-state index in [9.17, 15) is 4.79 Å². The smallest absolute Gasteiger partial charge is 0.337 e. The lowest BCUT2D eigenvalue weighted by molar-refractivity contribution is 0.0694. The van der Waals surface area contributed by atoms with Crippen LogP contribution >= 0.6 is 15.9 Å². The summed E-state index contributed by atoms with van der Waals surface area (Å²) in [7, 11) is 0. The first-order valence-electron chi connectivity index (χ1n) is 4.50. The molecule has 0 aliphatic rings. The Hall–Kier alpha value is -0.830. The first kappa shape index (κ1) is 11.2. The first-order chi connectivity index (χ1) is 6.49. The fraction of sp³-hybridized carbons (Fsp3) is 0.364. The van der Waals surface area contributed by atoms with Gasteiger partial charge >= 0.3 is 5.97 Å². The van der Waals surface area contributed by atoms with Gasteiger partial charge in [-0.15, -0.1) is 0 Å². The monoisotopic (exact) mass is 256 g/mol. The molecule has 0 fully saturated rings. The zero-order chi connectivity index (χ0) is 10.9. The van der Waals surface area contributed by atoms with Gasteiger partial charge in [0.15, 0.2) is 0 Å². The maximum Gasteiger partial charge on any atom is 0.337 e. The van der Waals surface area contributed by atoms with E-state index >= 15 is 0 Å². The second-order valence-corrected chi connectivity index (χ2v) is 4.12. The zero-order valence-corrected chi connectivity index (χ0v) is 10.1. The van der Waals surface area contributed by atoms with E-state index in [1.54, 1.807) is 0 Å². The van der Waals surface area contributed by atoms with E-state index in [2.05, 4.69) is 15.9 Å². The topological polar surface area (TPSA) is 37.3 Å². The summed E-state index contributed by atoms with van der Waals surface area (Å²) in [6.45, 7) is 5.87. The molecule has 0 amide bonds. The molecule has 0 radical (unpaired) electrons. The van der Waals surface area contributed by atoms with Crippen molar-refractivity contribution >= 4 is 21.9 Å². The number of halogens is 1. The van der Waals surface area contributed by atoms with Crippen LogP contribution in [0.3, 0.4) is 0 Å². The van der Waals surface area contributed by atoms with Crippen LogP contribution in [0.2, 0.25) is 0 Å². The average molecular weight is 257 g/mol. The van der Waals surface area contributed by atoms with Gasteiger partial charge in [-0.3, -0.25) is 0 Å². The largest absolute Gasteiger partial charge is 0.478 e. The van der Waals surface area contributed by atoms with Crippen molar-refractivity contribution < 1.29 is 9.90 Å². The van der Waals surface area contributed by atoms with Crippen molar-refractivity contribution in [2.75, 3.05) is 0 Å². The molecule has 0 aliphatic carbocycles. The molecule has 0 unspecified atom stereocenters. The van der Waals surface area contributed by atoms with Gasteiger partial charge in [0, 0.05) is 4.47 Å². The molecule has 1 aromatic rings. The Morgan fingerprint density at radius 1 is 1.50 bits per heavy atom. The third-order valence-corrected chi connectivity index (χ3v) is 3.44. The van der Waals surface area contributed by atoms with E-state index in [0.29, 0.717) is 10.0 Å². The molecule has 0 aliphatic heterocycles. The summed E-state index contributed by atoms with van der Waals surface area (Å²) < 4.78 is 0.710. The SMILES string of the molecule is CCc1cc(C)c(C)c(Br)c1C(=O)O. The van der Waals surface area contributed by atoms with Crippen molar-refractivity contribution in [3.05, 3.63) is 32.8 Å². The Kier molecular flexibility index (Phi) is 3.32. The molecular formula is C11H13BrO2. The molecule has 1 N–H and O–H groups in total. The van der Waals surface area contributed by atoms with Crippen LogP contribution in [0, 0.1) is 13.8 Å². The molecule has 3 heteroatoms. The van der Waals surface area contributed by atoms with Crippen LogP contribution in [-0.2, 0) is 6.42 Å². The quantitative estimate of drug-likeness (QED) is 0.882. The fourth-order valence-electron chi connectivity index (χ4n) is 1.45. The number of hydrogen-bond acceptors (Lipinski definition) is 1. The molecule has 0 bridgehead atoms. The molecule has 2 nitrogen and oxygen atoms in total. The minimum atomic E-state index is -0.864. The number of aromatic carboxylic acids is 1. The highest BCUT2D eigenvalue weighted by Gasteiger charge is 2.16. The molecule has 0 saturated heterocycles. The first-order valence-corrected chi connectivity index (χ1v) is 5.30. The van der Waals surface area contributed by atoms with Crippen LogP contribution in [0.15, 0.2) is 10.5 Å². The van der Waals surface area contributed by atoms with Crippen molar-refractivity contribution in [3.63, 3.8) is 0 Å². The number of benzene rings is 1. The lowest BCUT2D eigenvalue weighted by Gasteiger charge is -2.11. The van der Waals surface area contributed by atoms with Gasteiger partial charge in [0.05, 0.1) is 5.56 Å². The normalized spacial score (nSPS) is 10.3. The van der Waals surface area contributed by atoms with Crippen LogP contribution < -0.4 is 0 Å². The van der Waals surface area contributed by atoms with E-state index in [1.165, 1.54) is 0 Å². The molecule has 0 saturated carbocycles. The number of carboxylic acids is 1. The highest BCUT2D eigenvalue weighted by molar-refractivity contribution is 9.10. The van der Waals surface area contributed by atoms with Gasteiger partial charge in [-0.1, -0.05) is 13.0 Å². The Bertz CT molecular complexity index is 383. The molecule has 0 aromatic heterocycles. The van der Waals surface area contributed by atoms with Crippen LogP contribution in [0.5, 0.6) is 0 Å². The predicted octanol–water partition coefficient (Wildman–Crippen LogP) is 3.33. The maximum absolute atomic E-state index is 11.0. The summed E-state index contributed by atoms with van der Waals surface area (Å²) in [5, 5.41) is 9.06. The van der Waals surface area contributed by atoms with Crippen molar-refractivity contribution in [3.8, 4) is 0 Å². The molecule has 76 valence electrons. The molecule has 0 atom stereocenters. The van der Waals surface area contributed by atoms with E-state index < -0.39 is 5.97 Å². The highest BCUT2D eigenvalue weighted by atomic mass is 79.9. The summed E-state index contributed by atoms with van der Waals surface area (Å²) in [5.74, 6) is -0.864. The lowest BCUT2D eigenvalue weighted by atomic mass is 9.98. The van der Waals surface area contributed by atoms with Crippen LogP contribution in [0.4, 0.5) is 0 Å². The van der Waals surface area contributed by atoms with E-state index in [0.717, 1.165) is 23.1 Å². The van der Waals surface area contributed by atoms with Crippen LogP contribution in [0.25, 0.3) is 0 Å². The lowest BCUT2D eigenvalue weighted by Crippen LogP contribution is -2.05. The maximum atomic E-state index is 11.0. The number of aryl methyl sites for hydroxylation is 2. The number of rotatable bonds is 2. The third-order valence-electron chi connectivity index (χ3n) is 2.45. The molecule has 0 spiro atoms. The van der Waals surface area contributed by atoms with Crippen molar-refractivity contribution in [1.29, 1.82) is 0 Å². The van der Waals surface area contributed by atoms with Gasteiger partial charge < -0.3 is 5.11 Å².